The fourth-order valence-corrected chi connectivity index (χ4v) is 0.562. The van der Waals surface area contributed by atoms with Crippen LogP contribution in [0.15, 0.2) is 11.6 Å². The molecule has 62 valence electrons. The SMILES string of the molecule is COC(=O)CC(C)=CC(=O)O. The first-order valence-electron chi connectivity index (χ1n) is 3.03. The van der Waals surface area contributed by atoms with Crippen molar-refractivity contribution < 1.29 is 19.4 Å². The molecule has 0 aliphatic carbocycles. The van der Waals surface area contributed by atoms with Crippen molar-refractivity contribution >= 4 is 11.9 Å². The third kappa shape index (κ3) is 5.14. The standard InChI is InChI=1S/C7H10O4/c1-5(3-6(8)9)4-7(10)11-2/h3H,4H2,1-2H3,(H,8,9). The number of ether oxygens (including phenoxy) is 1. The lowest BCUT2D eigenvalue weighted by Crippen LogP contribution is -2.01. The molecule has 0 heterocycles. The van der Waals surface area contributed by atoms with E-state index in [4.69, 9.17) is 5.11 Å². The van der Waals surface area contributed by atoms with E-state index in [2.05, 4.69) is 4.74 Å². The number of carboxylic acids is 1. The zero-order chi connectivity index (χ0) is 8.85. The van der Waals surface area contributed by atoms with E-state index in [0.29, 0.717) is 5.57 Å². The molecule has 0 aromatic carbocycles. The normalized spacial score (nSPS) is 10.9. The van der Waals surface area contributed by atoms with E-state index in [1.54, 1.807) is 6.92 Å². The third-order valence-corrected chi connectivity index (χ3v) is 1.02. The highest BCUT2D eigenvalue weighted by Gasteiger charge is 2.02. The van der Waals surface area contributed by atoms with E-state index in [1.165, 1.54) is 7.11 Å². The smallest absolute Gasteiger partial charge is 0.328 e. The Morgan fingerprint density at radius 2 is 2.09 bits per heavy atom. The molecule has 0 amide bonds. The molecule has 1 N–H and O–H groups in total. The fraction of sp³-hybridized carbons (Fsp3) is 0.429. The minimum absolute atomic E-state index is 0.0306. The average Bonchev–Trinajstić information content (AvgIpc) is 1.85. The van der Waals surface area contributed by atoms with E-state index in [9.17, 15) is 9.59 Å². The number of hydrogen-bond donors (Lipinski definition) is 1. The van der Waals surface area contributed by atoms with Crippen molar-refractivity contribution in [1.82, 2.24) is 0 Å². The van der Waals surface area contributed by atoms with E-state index in [0.717, 1.165) is 6.08 Å². The number of esters is 1. The van der Waals surface area contributed by atoms with Crippen LogP contribution in [0.2, 0.25) is 0 Å². The first-order chi connectivity index (χ1) is 5.06. The van der Waals surface area contributed by atoms with Gasteiger partial charge in [0.05, 0.1) is 13.5 Å². The van der Waals surface area contributed by atoms with E-state index in [1.807, 2.05) is 0 Å². The van der Waals surface area contributed by atoms with Crippen LogP contribution in [0.4, 0.5) is 0 Å². The molecule has 4 nitrogen and oxygen atoms in total. The molecule has 0 spiro atoms. The number of carbonyl (C=O) groups excluding carboxylic acids is 1. The second-order valence-electron chi connectivity index (χ2n) is 2.08. The van der Waals surface area contributed by atoms with Gasteiger partial charge >= 0.3 is 11.9 Å². The lowest BCUT2D eigenvalue weighted by Gasteiger charge is -1.96. The molecule has 0 radical (unpaired) electrons. The molecule has 0 bridgehead atoms. The Morgan fingerprint density at radius 1 is 1.55 bits per heavy atom. The second-order valence-corrected chi connectivity index (χ2v) is 2.08. The largest absolute Gasteiger partial charge is 0.478 e. The Kier molecular flexibility index (Phi) is 3.95. The number of carbonyl (C=O) groups is 2. The molecule has 0 aromatic heterocycles. The molecule has 11 heavy (non-hydrogen) atoms. The van der Waals surface area contributed by atoms with Crippen LogP contribution in [0, 0.1) is 0 Å². The minimum Gasteiger partial charge on any atom is -0.478 e. The van der Waals surface area contributed by atoms with Gasteiger partial charge in [-0.1, -0.05) is 5.57 Å². The maximum atomic E-state index is 10.5. The van der Waals surface area contributed by atoms with E-state index >= 15 is 0 Å². The summed E-state index contributed by atoms with van der Waals surface area (Å²) in [6.45, 7) is 1.56. The quantitative estimate of drug-likeness (QED) is 0.482. The molecule has 0 atom stereocenters. The molecular formula is C7H10O4. The number of methoxy groups -OCH3 is 1. The Balaban J connectivity index is 3.96. The van der Waals surface area contributed by atoms with Gasteiger partial charge in [-0.2, -0.15) is 0 Å². The molecule has 0 aromatic rings. The van der Waals surface area contributed by atoms with Gasteiger partial charge in [-0.25, -0.2) is 4.79 Å². The topological polar surface area (TPSA) is 63.6 Å². The summed E-state index contributed by atoms with van der Waals surface area (Å²) in [7, 11) is 1.26. The van der Waals surface area contributed by atoms with Crippen molar-refractivity contribution in [2.75, 3.05) is 7.11 Å². The van der Waals surface area contributed by atoms with Crippen LogP contribution < -0.4 is 0 Å². The number of rotatable bonds is 3. The summed E-state index contributed by atoms with van der Waals surface area (Å²) in [4.78, 5) is 20.6. The van der Waals surface area contributed by atoms with Crippen molar-refractivity contribution in [2.24, 2.45) is 0 Å². The van der Waals surface area contributed by atoms with Crippen LogP contribution in [0.3, 0.4) is 0 Å². The summed E-state index contributed by atoms with van der Waals surface area (Å²) in [6, 6.07) is 0. The van der Waals surface area contributed by atoms with Crippen LogP contribution >= 0.6 is 0 Å². The summed E-state index contributed by atoms with van der Waals surface area (Å²) >= 11 is 0. The maximum absolute atomic E-state index is 10.5. The van der Waals surface area contributed by atoms with Gasteiger partial charge in [-0.15, -0.1) is 0 Å². The molecule has 0 aliphatic rings. The van der Waals surface area contributed by atoms with Gasteiger partial charge in [0.25, 0.3) is 0 Å². The zero-order valence-electron chi connectivity index (χ0n) is 6.46. The lowest BCUT2D eigenvalue weighted by atomic mass is 10.2. The van der Waals surface area contributed by atoms with Crippen LogP contribution in [-0.4, -0.2) is 24.2 Å². The van der Waals surface area contributed by atoms with Gasteiger partial charge < -0.3 is 9.84 Å². The van der Waals surface area contributed by atoms with Crippen molar-refractivity contribution in [3.05, 3.63) is 11.6 Å². The van der Waals surface area contributed by atoms with Crippen LogP contribution in [0.5, 0.6) is 0 Å². The Morgan fingerprint density at radius 3 is 2.45 bits per heavy atom. The van der Waals surface area contributed by atoms with Crippen molar-refractivity contribution in [3.8, 4) is 0 Å². The Hall–Kier alpha value is -1.32. The summed E-state index contributed by atoms with van der Waals surface area (Å²) in [6.07, 6.45) is 1.01. The van der Waals surface area contributed by atoms with Gasteiger partial charge in [-0.3, -0.25) is 4.79 Å². The Bertz CT molecular complexity index is 193. The average molecular weight is 158 g/mol. The fourth-order valence-electron chi connectivity index (χ4n) is 0.562. The monoisotopic (exact) mass is 158 g/mol. The molecular weight excluding hydrogens is 148 g/mol. The van der Waals surface area contributed by atoms with Crippen molar-refractivity contribution in [2.45, 2.75) is 13.3 Å². The van der Waals surface area contributed by atoms with E-state index < -0.39 is 11.9 Å². The van der Waals surface area contributed by atoms with Gasteiger partial charge in [0.15, 0.2) is 0 Å². The molecule has 4 heteroatoms. The first-order valence-corrected chi connectivity index (χ1v) is 3.03. The number of hydrogen-bond acceptors (Lipinski definition) is 3. The maximum Gasteiger partial charge on any atom is 0.328 e. The van der Waals surface area contributed by atoms with Crippen LogP contribution in [-0.2, 0) is 14.3 Å². The van der Waals surface area contributed by atoms with Gasteiger partial charge in [0, 0.05) is 6.08 Å². The highest BCUT2D eigenvalue weighted by molar-refractivity contribution is 5.82. The van der Waals surface area contributed by atoms with Crippen molar-refractivity contribution in [3.63, 3.8) is 0 Å². The second kappa shape index (κ2) is 4.49. The lowest BCUT2D eigenvalue weighted by molar-refractivity contribution is -0.139. The molecule has 0 saturated heterocycles. The highest BCUT2D eigenvalue weighted by atomic mass is 16.5. The van der Waals surface area contributed by atoms with Gasteiger partial charge in [0.2, 0.25) is 0 Å². The highest BCUT2D eigenvalue weighted by Crippen LogP contribution is 1.99. The molecule has 0 unspecified atom stereocenters. The molecule has 0 fully saturated rings. The summed E-state index contributed by atoms with van der Waals surface area (Å²) < 4.78 is 4.33. The third-order valence-electron chi connectivity index (χ3n) is 1.02. The van der Waals surface area contributed by atoms with Crippen molar-refractivity contribution in [1.29, 1.82) is 0 Å². The van der Waals surface area contributed by atoms with Crippen LogP contribution in [0.1, 0.15) is 13.3 Å². The van der Waals surface area contributed by atoms with Crippen LogP contribution in [0.25, 0.3) is 0 Å². The number of carboxylic acid groups (broad SMARTS) is 1. The molecule has 0 rings (SSSR count). The molecule has 0 aliphatic heterocycles. The van der Waals surface area contributed by atoms with Gasteiger partial charge in [0.1, 0.15) is 0 Å². The predicted octanol–water partition coefficient (Wildman–Crippen LogP) is 0.580. The summed E-state index contributed by atoms with van der Waals surface area (Å²) in [5.74, 6) is -1.48. The van der Waals surface area contributed by atoms with E-state index in [-0.39, 0.29) is 6.42 Å². The zero-order valence-corrected chi connectivity index (χ0v) is 6.46. The number of aliphatic carboxylic acids is 1. The minimum atomic E-state index is -1.05. The first kappa shape index (κ1) is 9.68. The Labute approximate surface area is 64.5 Å². The summed E-state index contributed by atoms with van der Waals surface area (Å²) in [5.41, 5.74) is 0.476. The molecule has 0 saturated carbocycles. The predicted molar refractivity (Wildman–Crippen MR) is 38.0 cm³/mol. The van der Waals surface area contributed by atoms with Gasteiger partial charge in [-0.05, 0) is 6.92 Å². The summed E-state index contributed by atoms with van der Waals surface area (Å²) in [5, 5.41) is 8.24.